The van der Waals surface area contributed by atoms with Crippen molar-refractivity contribution in [2.24, 2.45) is 0 Å². The summed E-state index contributed by atoms with van der Waals surface area (Å²) in [6, 6.07) is 25.0. The van der Waals surface area contributed by atoms with E-state index in [2.05, 4.69) is 22.2 Å². The summed E-state index contributed by atoms with van der Waals surface area (Å²) in [7, 11) is 2.12. The summed E-state index contributed by atoms with van der Waals surface area (Å²) in [4.78, 5) is 43.9. The van der Waals surface area contributed by atoms with Gasteiger partial charge in [-0.3, -0.25) is 19.8 Å². The number of carbonyl (C=O) groups excluding carboxylic acids is 3. The first-order chi connectivity index (χ1) is 23.0. The average Bonchev–Trinajstić information content (AvgIpc) is 3.33. The maximum atomic E-state index is 12.7. The van der Waals surface area contributed by atoms with Gasteiger partial charge in [0.05, 0.1) is 16.8 Å². The van der Waals surface area contributed by atoms with Gasteiger partial charge >= 0.3 is 6.09 Å². The van der Waals surface area contributed by atoms with Gasteiger partial charge in [0, 0.05) is 25.2 Å². The van der Waals surface area contributed by atoms with Crippen LogP contribution in [0.2, 0.25) is 0 Å². The van der Waals surface area contributed by atoms with Crippen molar-refractivity contribution in [2.45, 2.75) is 70.3 Å². The van der Waals surface area contributed by atoms with Crippen molar-refractivity contribution in [3.8, 4) is 11.1 Å². The molecule has 3 aromatic rings. The van der Waals surface area contributed by atoms with Crippen LogP contribution in [0.25, 0.3) is 11.1 Å². The maximum Gasteiger partial charge on any atom is 0.411 e. The van der Waals surface area contributed by atoms with Gasteiger partial charge in [-0.25, -0.2) is 4.79 Å². The second-order valence-electron chi connectivity index (χ2n) is 12.9. The molecule has 0 saturated carbocycles. The van der Waals surface area contributed by atoms with Gasteiger partial charge in [0.2, 0.25) is 0 Å². The number of hydrogen-bond donors (Lipinski definition) is 1. The monoisotopic (exact) mass is 638 g/mol. The molecule has 3 aromatic carbocycles. The van der Waals surface area contributed by atoms with Gasteiger partial charge in [0.25, 0.3) is 11.8 Å². The normalized spacial score (nSPS) is 15.3. The quantitative estimate of drug-likeness (QED) is 0.120. The molecule has 0 aromatic heterocycles. The van der Waals surface area contributed by atoms with E-state index < -0.39 is 0 Å². The van der Waals surface area contributed by atoms with E-state index in [1.165, 1.54) is 49.8 Å². The fourth-order valence-corrected chi connectivity index (χ4v) is 6.66. The van der Waals surface area contributed by atoms with Crippen LogP contribution in [0.15, 0.2) is 78.9 Å². The predicted molar refractivity (Wildman–Crippen MR) is 188 cm³/mol. The van der Waals surface area contributed by atoms with Crippen LogP contribution in [0, 0.1) is 0 Å². The third-order valence-electron chi connectivity index (χ3n) is 9.37. The van der Waals surface area contributed by atoms with Crippen LogP contribution in [-0.4, -0.2) is 85.0 Å². The van der Waals surface area contributed by atoms with Crippen LogP contribution in [-0.2, 0) is 4.74 Å². The number of unbranched alkanes of at least 4 members (excludes halogenated alkanes) is 6. The van der Waals surface area contributed by atoms with Crippen LogP contribution in [0.1, 0.15) is 84.9 Å². The summed E-state index contributed by atoms with van der Waals surface area (Å²) in [5, 5.41) is 2.96. The number of ether oxygens (including phenoxy) is 1. The molecule has 0 spiro atoms. The fraction of sp³-hybridized carbons (Fsp3) is 0.462. The number of anilines is 1. The minimum Gasteiger partial charge on any atom is -0.446 e. The van der Waals surface area contributed by atoms with E-state index in [-0.39, 0.29) is 24.0 Å². The Morgan fingerprint density at radius 1 is 0.702 bits per heavy atom. The van der Waals surface area contributed by atoms with E-state index in [1.807, 2.05) is 66.7 Å². The zero-order valence-corrected chi connectivity index (χ0v) is 27.9. The van der Waals surface area contributed by atoms with Gasteiger partial charge in [-0.1, -0.05) is 92.8 Å². The standard InChI is InChI=1S/C39H50N4O4/c1-41(26-16-28-43-37(44)34-20-10-11-21-35(34)38(43)45)25-14-5-3-2-4-6-15-27-42-29-23-32(24-30-42)47-39(46)40-36-22-13-12-19-33(36)31-17-8-7-9-18-31/h7-13,17-22,32H,2-6,14-16,23-30H2,1H3,(H,40,46). The molecule has 8 nitrogen and oxygen atoms in total. The molecule has 1 N–H and O–H groups in total. The summed E-state index contributed by atoms with van der Waals surface area (Å²) < 4.78 is 5.79. The first-order valence-corrected chi connectivity index (χ1v) is 17.5. The third kappa shape index (κ3) is 9.99. The number of amides is 3. The van der Waals surface area contributed by atoms with E-state index in [4.69, 9.17) is 4.74 Å². The second kappa shape index (κ2) is 17.8. The fourth-order valence-electron chi connectivity index (χ4n) is 6.66. The van der Waals surface area contributed by atoms with Crippen LogP contribution in [0.3, 0.4) is 0 Å². The molecule has 2 aliphatic rings. The number of para-hydroxylation sites is 1. The molecule has 0 bridgehead atoms. The number of hydrogen-bond acceptors (Lipinski definition) is 6. The maximum absolute atomic E-state index is 12.7. The molecule has 1 saturated heterocycles. The number of imide groups is 1. The SMILES string of the molecule is CN(CCCCCCCCCN1CCC(OC(=O)Nc2ccccc2-c2ccccc2)CC1)CCCN1C(=O)c2ccccc2C1=O. The molecule has 2 heterocycles. The third-order valence-corrected chi connectivity index (χ3v) is 9.37. The lowest BCUT2D eigenvalue weighted by molar-refractivity contribution is 0.0583. The van der Waals surface area contributed by atoms with Crippen LogP contribution < -0.4 is 5.32 Å². The molecule has 5 rings (SSSR count). The Morgan fingerprint density at radius 2 is 1.26 bits per heavy atom. The van der Waals surface area contributed by atoms with Crippen molar-refractivity contribution >= 4 is 23.6 Å². The Labute approximate surface area is 280 Å². The van der Waals surface area contributed by atoms with Crippen molar-refractivity contribution in [2.75, 3.05) is 51.6 Å². The highest BCUT2D eigenvalue weighted by molar-refractivity contribution is 6.21. The van der Waals surface area contributed by atoms with E-state index >= 15 is 0 Å². The molecule has 0 atom stereocenters. The minimum absolute atomic E-state index is 0.0366. The average molecular weight is 639 g/mol. The highest BCUT2D eigenvalue weighted by Gasteiger charge is 2.34. The van der Waals surface area contributed by atoms with Gasteiger partial charge in [0.15, 0.2) is 0 Å². The molecular weight excluding hydrogens is 588 g/mol. The number of carbonyl (C=O) groups is 3. The van der Waals surface area contributed by atoms with E-state index in [9.17, 15) is 14.4 Å². The number of likely N-dealkylation sites (tertiary alicyclic amines) is 1. The van der Waals surface area contributed by atoms with Crippen molar-refractivity contribution in [3.63, 3.8) is 0 Å². The van der Waals surface area contributed by atoms with Gasteiger partial charge in [0.1, 0.15) is 6.10 Å². The number of fused-ring (bicyclic) bond motifs is 1. The topological polar surface area (TPSA) is 82.2 Å². The van der Waals surface area contributed by atoms with Crippen LogP contribution in [0.5, 0.6) is 0 Å². The Morgan fingerprint density at radius 3 is 1.94 bits per heavy atom. The minimum atomic E-state index is -0.377. The molecule has 1 fully saturated rings. The van der Waals surface area contributed by atoms with Crippen molar-refractivity contribution in [1.29, 1.82) is 0 Å². The van der Waals surface area contributed by atoms with Crippen LogP contribution in [0.4, 0.5) is 10.5 Å². The highest BCUT2D eigenvalue weighted by atomic mass is 16.6. The predicted octanol–water partition coefficient (Wildman–Crippen LogP) is 7.72. The largest absolute Gasteiger partial charge is 0.446 e. The van der Waals surface area contributed by atoms with Gasteiger partial charge in [-0.05, 0) is 82.5 Å². The number of benzene rings is 3. The molecule has 0 radical (unpaired) electrons. The number of piperidine rings is 1. The van der Waals surface area contributed by atoms with Crippen molar-refractivity contribution in [3.05, 3.63) is 90.0 Å². The number of nitrogens with one attached hydrogen (secondary N) is 1. The first-order valence-electron chi connectivity index (χ1n) is 17.5. The molecule has 3 amide bonds. The lowest BCUT2D eigenvalue weighted by atomic mass is 10.0. The lowest BCUT2D eigenvalue weighted by Crippen LogP contribution is -2.38. The summed E-state index contributed by atoms with van der Waals surface area (Å²) in [5.74, 6) is -0.322. The van der Waals surface area contributed by atoms with E-state index in [1.54, 1.807) is 12.1 Å². The smallest absolute Gasteiger partial charge is 0.411 e. The van der Waals surface area contributed by atoms with E-state index in [0.717, 1.165) is 68.8 Å². The zero-order valence-electron chi connectivity index (χ0n) is 27.9. The van der Waals surface area contributed by atoms with Crippen molar-refractivity contribution < 1.29 is 19.1 Å². The molecule has 47 heavy (non-hydrogen) atoms. The second-order valence-corrected chi connectivity index (χ2v) is 12.9. The van der Waals surface area contributed by atoms with Crippen LogP contribution >= 0.6 is 0 Å². The number of rotatable bonds is 17. The Kier molecular flexibility index (Phi) is 13.0. The summed E-state index contributed by atoms with van der Waals surface area (Å²) in [5.41, 5.74) is 3.87. The van der Waals surface area contributed by atoms with Gasteiger partial charge in [-0.2, -0.15) is 0 Å². The van der Waals surface area contributed by atoms with Gasteiger partial charge in [-0.15, -0.1) is 0 Å². The molecular formula is C39H50N4O4. The molecule has 2 aliphatic heterocycles. The molecule has 8 heteroatoms. The Balaban J connectivity index is 0.848. The zero-order chi connectivity index (χ0) is 32.8. The van der Waals surface area contributed by atoms with E-state index in [0.29, 0.717) is 17.7 Å². The highest BCUT2D eigenvalue weighted by Crippen LogP contribution is 2.28. The van der Waals surface area contributed by atoms with Crippen molar-refractivity contribution in [1.82, 2.24) is 14.7 Å². The van der Waals surface area contributed by atoms with Gasteiger partial charge < -0.3 is 14.5 Å². The molecule has 0 aliphatic carbocycles. The summed E-state index contributed by atoms with van der Waals surface area (Å²) >= 11 is 0. The lowest BCUT2D eigenvalue weighted by Gasteiger charge is -2.31. The molecule has 250 valence electrons. The summed E-state index contributed by atoms with van der Waals surface area (Å²) in [6.07, 6.45) is 10.9. The summed E-state index contributed by atoms with van der Waals surface area (Å²) in [6.45, 7) is 5.48. The Hall–Kier alpha value is -4.01. The number of nitrogens with zero attached hydrogens (tertiary/aromatic N) is 3. The molecule has 0 unspecified atom stereocenters. The first kappa shape index (κ1) is 34.3. The Bertz CT molecular complexity index is 1420.